The number of carbonyl (C=O) groups excluding carboxylic acids is 2. The molecule has 0 radical (unpaired) electrons. The Labute approximate surface area is 123 Å². The van der Waals surface area contributed by atoms with Crippen molar-refractivity contribution in [2.75, 3.05) is 7.11 Å². The minimum atomic E-state index is -1.30. The average Bonchev–Trinajstić information content (AvgIpc) is 2.40. The van der Waals surface area contributed by atoms with Crippen LogP contribution in [0, 0.1) is 5.82 Å². The van der Waals surface area contributed by atoms with Crippen molar-refractivity contribution in [2.24, 2.45) is 0 Å². The molecule has 1 N–H and O–H groups in total. The predicted octanol–water partition coefficient (Wildman–Crippen LogP) is -0.857. The Balaban J connectivity index is 3.10. The fourth-order valence-corrected chi connectivity index (χ4v) is 1.64. The van der Waals surface area contributed by atoms with E-state index in [2.05, 4.69) is 0 Å². The van der Waals surface area contributed by atoms with Crippen molar-refractivity contribution >= 4 is 11.9 Å². The summed E-state index contributed by atoms with van der Waals surface area (Å²) in [4.78, 5) is 46.4. The summed E-state index contributed by atoms with van der Waals surface area (Å²) in [6, 6.07) is 0. The highest BCUT2D eigenvalue weighted by Gasteiger charge is 2.28. The molecule has 1 aromatic heterocycles. The van der Waals surface area contributed by atoms with E-state index in [-0.39, 0.29) is 0 Å². The Hall–Kier alpha value is -2.49. The molecule has 0 aromatic carbocycles. The highest BCUT2D eigenvalue weighted by atomic mass is 19.1. The van der Waals surface area contributed by atoms with Crippen LogP contribution in [0.4, 0.5) is 4.39 Å². The number of hydrogen-bond donors (Lipinski definition) is 1. The largest absolute Gasteiger partial charge is 0.454 e. The zero-order valence-electron chi connectivity index (χ0n) is 12.1. The number of nitrogens with one attached hydrogen (secondary N) is 1. The summed E-state index contributed by atoms with van der Waals surface area (Å²) >= 11 is 0. The summed E-state index contributed by atoms with van der Waals surface area (Å²) in [5, 5.41) is 0. The summed E-state index contributed by atoms with van der Waals surface area (Å²) in [6.07, 6.45) is -1.87. The van der Waals surface area contributed by atoms with Crippen LogP contribution in [0.3, 0.4) is 0 Å². The Morgan fingerprint density at radius 2 is 1.86 bits per heavy atom. The molecule has 1 rings (SSSR count). The van der Waals surface area contributed by atoms with Gasteiger partial charge in [0.1, 0.15) is 0 Å². The number of nitrogens with zero attached hydrogens (tertiary/aromatic N) is 1. The zero-order chi connectivity index (χ0) is 16.9. The third-order valence-corrected chi connectivity index (χ3v) is 2.48. The maximum absolute atomic E-state index is 13.2. The lowest BCUT2D eigenvalue weighted by molar-refractivity contribution is -0.205. The van der Waals surface area contributed by atoms with Crippen LogP contribution in [0.25, 0.3) is 0 Å². The first-order valence-electron chi connectivity index (χ1n) is 6.11. The van der Waals surface area contributed by atoms with E-state index < -0.39 is 47.9 Å². The van der Waals surface area contributed by atoms with E-state index in [4.69, 9.17) is 14.2 Å². The fourth-order valence-electron chi connectivity index (χ4n) is 1.64. The number of aromatic amines is 1. The summed E-state index contributed by atoms with van der Waals surface area (Å²) < 4.78 is 28.6. The molecular weight excluding hydrogens is 303 g/mol. The molecule has 10 heteroatoms. The molecule has 122 valence electrons. The van der Waals surface area contributed by atoms with Crippen molar-refractivity contribution in [3.05, 3.63) is 32.9 Å². The molecule has 0 saturated carbocycles. The van der Waals surface area contributed by atoms with Crippen LogP contribution in [0.5, 0.6) is 0 Å². The second kappa shape index (κ2) is 7.50. The van der Waals surface area contributed by atoms with Gasteiger partial charge in [-0.1, -0.05) is 0 Å². The number of rotatable bonds is 6. The summed E-state index contributed by atoms with van der Waals surface area (Å²) in [5.41, 5.74) is -2.09. The Kier molecular flexibility index (Phi) is 5.99. The minimum absolute atomic E-state index is 0.391. The Bertz CT molecular complexity index is 666. The van der Waals surface area contributed by atoms with Gasteiger partial charge in [-0.15, -0.1) is 0 Å². The molecule has 0 fully saturated rings. The molecule has 1 aromatic rings. The highest BCUT2D eigenvalue weighted by Crippen LogP contribution is 2.09. The van der Waals surface area contributed by atoms with Gasteiger partial charge < -0.3 is 14.2 Å². The molecule has 0 aliphatic rings. The van der Waals surface area contributed by atoms with E-state index in [0.717, 1.165) is 18.4 Å². The number of carbonyl (C=O) groups is 2. The molecule has 0 aliphatic carbocycles. The van der Waals surface area contributed by atoms with E-state index in [0.29, 0.717) is 6.20 Å². The predicted molar refractivity (Wildman–Crippen MR) is 69.4 cm³/mol. The van der Waals surface area contributed by atoms with Gasteiger partial charge in [-0.05, 0) is 0 Å². The molecule has 2 atom stereocenters. The van der Waals surface area contributed by atoms with Crippen LogP contribution in [0.15, 0.2) is 15.8 Å². The molecule has 0 amide bonds. The number of ether oxygens (including phenoxy) is 3. The lowest BCUT2D eigenvalue weighted by Gasteiger charge is -2.25. The van der Waals surface area contributed by atoms with Crippen LogP contribution < -0.4 is 11.2 Å². The number of hydrogen-bond acceptors (Lipinski definition) is 7. The quantitative estimate of drug-likeness (QED) is 0.536. The first-order valence-corrected chi connectivity index (χ1v) is 6.11. The van der Waals surface area contributed by atoms with E-state index in [1.165, 1.54) is 7.11 Å². The van der Waals surface area contributed by atoms with Crippen molar-refractivity contribution in [2.45, 2.75) is 32.8 Å². The number of H-pyrrole nitrogens is 1. The maximum atomic E-state index is 13.2. The van der Waals surface area contributed by atoms with Crippen LogP contribution in [-0.4, -0.2) is 41.0 Å². The first-order chi connectivity index (χ1) is 10.2. The zero-order valence-corrected chi connectivity index (χ0v) is 12.1. The fraction of sp³-hybridized carbons (Fsp3) is 0.500. The van der Waals surface area contributed by atoms with Crippen molar-refractivity contribution in [1.82, 2.24) is 9.55 Å². The Morgan fingerprint density at radius 3 is 2.36 bits per heavy atom. The van der Waals surface area contributed by atoms with Crippen LogP contribution in [0.2, 0.25) is 0 Å². The second-order valence-electron chi connectivity index (χ2n) is 4.25. The molecule has 9 nitrogen and oxygen atoms in total. The Morgan fingerprint density at radius 1 is 1.27 bits per heavy atom. The number of esters is 2. The maximum Gasteiger partial charge on any atom is 0.328 e. The summed E-state index contributed by atoms with van der Waals surface area (Å²) in [5.74, 6) is -2.62. The van der Waals surface area contributed by atoms with Crippen molar-refractivity contribution in [1.29, 1.82) is 0 Å². The number of aromatic nitrogens is 2. The second-order valence-corrected chi connectivity index (χ2v) is 4.25. The lowest BCUT2D eigenvalue weighted by Crippen LogP contribution is -2.42. The molecule has 0 bridgehead atoms. The van der Waals surface area contributed by atoms with Gasteiger partial charge in [-0.3, -0.25) is 23.9 Å². The molecule has 2 unspecified atom stereocenters. The van der Waals surface area contributed by atoms with E-state index in [1.54, 1.807) is 4.98 Å². The smallest absolute Gasteiger partial charge is 0.328 e. The first kappa shape index (κ1) is 17.6. The van der Waals surface area contributed by atoms with Crippen LogP contribution >= 0.6 is 0 Å². The van der Waals surface area contributed by atoms with Gasteiger partial charge in [-0.2, -0.15) is 4.39 Å². The SMILES string of the molecule is COC(OC(C)=O)C(Cn1cc(F)c(=O)[nH]c1=O)OC(C)=O. The van der Waals surface area contributed by atoms with Crippen molar-refractivity contribution in [3.63, 3.8) is 0 Å². The molecule has 22 heavy (non-hydrogen) atoms. The number of methoxy groups -OCH3 is 1. The van der Waals surface area contributed by atoms with Crippen LogP contribution in [0.1, 0.15) is 13.8 Å². The van der Waals surface area contributed by atoms with Gasteiger partial charge >= 0.3 is 17.6 Å². The third-order valence-electron chi connectivity index (χ3n) is 2.48. The molecule has 0 saturated heterocycles. The number of halogens is 1. The molecule has 0 aliphatic heterocycles. The standard InChI is InChI=1S/C12H15FN2O7/c1-6(16)21-9(11(20-3)22-7(2)17)5-15-4-8(13)10(18)14-12(15)19/h4,9,11H,5H2,1-3H3,(H,14,18,19). The van der Waals surface area contributed by atoms with Gasteiger partial charge in [-0.25, -0.2) is 4.79 Å². The van der Waals surface area contributed by atoms with Crippen LogP contribution in [-0.2, 0) is 30.3 Å². The van der Waals surface area contributed by atoms with E-state index >= 15 is 0 Å². The molecular formula is C12H15FN2O7. The van der Waals surface area contributed by atoms with Gasteiger partial charge in [0, 0.05) is 21.0 Å². The summed E-state index contributed by atoms with van der Waals surface area (Å²) in [7, 11) is 1.19. The summed E-state index contributed by atoms with van der Waals surface area (Å²) in [6.45, 7) is 1.82. The molecule has 1 heterocycles. The minimum Gasteiger partial charge on any atom is -0.454 e. The monoisotopic (exact) mass is 318 g/mol. The van der Waals surface area contributed by atoms with Gasteiger partial charge in [0.05, 0.1) is 12.7 Å². The third kappa shape index (κ3) is 4.81. The van der Waals surface area contributed by atoms with Crippen molar-refractivity contribution in [3.8, 4) is 0 Å². The molecule has 0 spiro atoms. The van der Waals surface area contributed by atoms with Gasteiger partial charge in [0.15, 0.2) is 6.10 Å². The van der Waals surface area contributed by atoms with Gasteiger partial charge in [0.2, 0.25) is 12.1 Å². The lowest BCUT2D eigenvalue weighted by atomic mass is 10.3. The van der Waals surface area contributed by atoms with E-state index in [1.807, 2.05) is 0 Å². The van der Waals surface area contributed by atoms with Crippen molar-refractivity contribution < 1.29 is 28.2 Å². The average molecular weight is 318 g/mol. The van der Waals surface area contributed by atoms with E-state index in [9.17, 15) is 23.6 Å². The highest BCUT2D eigenvalue weighted by molar-refractivity contribution is 5.67. The van der Waals surface area contributed by atoms with Gasteiger partial charge in [0.25, 0.3) is 5.56 Å². The topological polar surface area (TPSA) is 117 Å². The normalized spacial score (nSPS) is 13.3.